The Bertz CT molecular complexity index is 639. The zero-order valence-corrected chi connectivity index (χ0v) is 12.8. The van der Waals surface area contributed by atoms with E-state index in [1.807, 2.05) is 13.0 Å². The van der Waals surface area contributed by atoms with Crippen LogP contribution in [0.4, 0.5) is 16.3 Å². The molecule has 0 aliphatic rings. The van der Waals surface area contributed by atoms with Gasteiger partial charge < -0.3 is 19.3 Å². The number of nitrogens with zero attached hydrogens (tertiary/aromatic N) is 1. The normalized spacial score (nSPS) is 10.3. The van der Waals surface area contributed by atoms with Gasteiger partial charge in [-0.25, -0.2) is 4.79 Å². The molecule has 0 atom stereocenters. The molecule has 2 aromatic rings. The number of ether oxygens (including phenoxy) is 2. The predicted octanol–water partition coefficient (Wildman–Crippen LogP) is 2.96. The first kappa shape index (κ1) is 15.8. The molecule has 0 bridgehead atoms. The first-order chi connectivity index (χ1) is 10.6. The van der Waals surface area contributed by atoms with Crippen LogP contribution in [-0.2, 0) is 4.74 Å². The molecule has 22 heavy (non-hydrogen) atoms. The minimum Gasteiger partial charge on any atom is -0.491 e. The maximum absolute atomic E-state index is 11.9. The summed E-state index contributed by atoms with van der Waals surface area (Å²) in [6, 6.07) is 6.68. The van der Waals surface area contributed by atoms with Gasteiger partial charge in [0.25, 0.3) is 0 Å². The van der Waals surface area contributed by atoms with E-state index < -0.39 is 0 Å². The number of amides is 2. The Morgan fingerprint density at radius 1 is 1.23 bits per heavy atom. The molecule has 118 valence electrons. The minimum atomic E-state index is -0.385. The molecule has 0 saturated carbocycles. The molecule has 1 aromatic heterocycles. The third kappa shape index (κ3) is 4.49. The molecule has 0 saturated heterocycles. The lowest BCUT2D eigenvalue weighted by atomic mass is 10.2. The van der Waals surface area contributed by atoms with Crippen LogP contribution in [0.2, 0.25) is 0 Å². The average Bonchev–Trinajstić information content (AvgIpc) is 2.87. The van der Waals surface area contributed by atoms with Crippen molar-refractivity contribution < 1.29 is 18.8 Å². The van der Waals surface area contributed by atoms with E-state index in [1.54, 1.807) is 32.2 Å². The highest BCUT2D eigenvalue weighted by molar-refractivity contribution is 5.99. The summed E-state index contributed by atoms with van der Waals surface area (Å²) in [5.41, 5.74) is 1.58. The van der Waals surface area contributed by atoms with Crippen molar-refractivity contribution in [3.63, 3.8) is 0 Å². The second kappa shape index (κ2) is 7.46. The Morgan fingerprint density at radius 2 is 2.05 bits per heavy atom. The van der Waals surface area contributed by atoms with Crippen molar-refractivity contribution in [2.75, 3.05) is 31.0 Å². The van der Waals surface area contributed by atoms with Crippen molar-refractivity contribution >= 4 is 17.5 Å². The van der Waals surface area contributed by atoms with Gasteiger partial charge in [0.05, 0.1) is 6.61 Å². The van der Waals surface area contributed by atoms with Crippen molar-refractivity contribution in [1.82, 2.24) is 5.16 Å². The maximum Gasteiger partial charge on any atom is 0.324 e. The molecule has 2 amide bonds. The Morgan fingerprint density at radius 3 is 2.68 bits per heavy atom. The SMILES string of the molecule is COCCOc1ccc(NC(=O)Nc2cc(C)on2)c(C)c1. The van der Waals surface area contributed by atoms with Gasteiger partial charge in [-0.3, -0.25) is 5.32 Å². The molecule has 1 heterocycles. The smallest absolute Gasteiger partial charge is 0.324 e. The highest BCUT2D eigenvalue weighted by atomic mass is 16.5. The topological polar surface area (TPSA) is 85.6 Å². The average molecular weight is 305 g/mol. The van der Waals surface area contributed by atoms with Crippen molar-refractivity contribution in [2.24, 2.45) is 0 Å². The summed E-state index contributed by atoms with van der Waals surface area (Å²) in [5.74, 6) is 1.73. The third-order valence-corrected chi connectivity index (χ3v) is 2.87. The van der Waals surface area contributed by atoms with E-state index in [4.69, 9.17) is 14.0 Å². The number of carbonyl (C=O) groups is 1. The number of hydrogen-bond donors (Lipinski definition) is 2. The number of anilines is 2. The molecule has 0 radical (unpaired) electrons. The molecule has 2 N–H and O–H groups in total. The number of urea groups is 1. The summed E-state index contributed by atoms with van der Waals surface area (Å²) in [7, 11) is 1.62. The van der Waals surface area contributed by atoms with Crippen molar-refractivity contribution in [1.29, 1.82) is 0 Å². The fourth-order valence-electron chi connectivity index (χ4n) is 1.80. The quantitative estimate of drug-likeness (QED) is 0.801. The second-order valence-electron chi connectivity index (χ2n) is 4.72. The van der Waals surface area contributed by atoms with E-state index in [9.17, 15) is 4.79 Å². The zero-order valence-electron chi connectivity index (χ0n) is 12.8. The van der Waals surface area contributed by atoms with Gasteiger partial charge in [0.1, 0.15) is 18.1 Å². The number of nitrogens with one attached hydrogen (secondary N) is 2. The number of benzene rings is 1. The number of hydrogen-bond acceptors (Lipinski definition) is 5. The molecule has 0 unspecified atom stereocenters. The largest absolute Gasteiger partial charge is 0.491 e. The number of carbonyl (C=O) groups excluding carboxylic acids is 1. The molecule has 2 rings (SSSR count). The van der Waals surface area contributed by atoms with Crippen LogP contribution in [0.1, 0.15) is 11.3 Å². The van der Waals surface area contributed by atoms with Crippen LogP contribution in [-0.4, -0.2) is 31.5 Å². The predicted molar refractivity (Wildman–Crippen MR) is 82.4 cm³/mol. The van der Waals surface area contributed by atoms with E-state index in [2.05, 4.69) is 15.8 Å². The second-order valence-corrected chi connectivity index (χ2v) is 4.72. The molecular formula is C15H19N3O4. The maximum atomic E-state index is 11.9. The van der Waals surface area contributed by atoms with Gasteiger partial charge in [-0.1, -0.05) is 5.16 Å². The summed E-state index contributed by atoms with van der Waals surface area (Å²) < 4.78 is 15.3. The summed E-state index contributed by atoms with van der Waals surface area (Å²) in [6.45, 7) is 4.65. The van der Waals surface area contributed by atoms with E-state index in [0.29, 0.717) is 30.5 Å². The van der Waals surface area contributed by atoms with Crippen LogP contribution >= 0.6 is 0 Å². The van der Waals surface area contributed by atoms with E-state index in [1.165, 1.54) is 0 Å². The first-order valence-corrected chi connectivity index (χ1v) is 6.82. The molecule has 0 aliphatic carbocycles. The highest BCUT2D eigenvalue weighted by Crippen LogP contribution is 2.21. The summed E-state index contributed by atoms with van der Waals surface area (Å²) >= 11 is 0. The Balaban J connectivity index is 1.93. The van der Waals surface area contributed by atoms with Gasteiger partial charge in [-0.2, -0.15) is 0 Å². The van der Waals surface area contributed by atoms with Crippen LogP contribution in [0.3, 0.4) is 0 Å². The summed E-state index contributed by atoms with van der Waals surface area (Å²) in [6.07, 6.45) is 0. The fraction of sp³-hybridized carbons (Fsp3) is 0.333. The minimum absolute atomic E-state index is 0.368. The molecule has 7 nitrogen and oxygen atoms in total. The molecule has 7 heteroatoms. The van der Waals surface area contributed by atoms with E-state index in [0.717, 1.165) is 11.3 Å². The van der Waals surface area contributed by atoms with Gasteiger partial charge in [0.2, 0.25) is 0 Å². The van der Waals surface area contributed by atoms with Crippen LogP contribution in [0.15, 0.2) is 28.8 Å². The standard InChI is InChI=1S/C15H19N3O4/c1-10-8-12(21-7-6-20-3)4-5-13(10)16-15(19)17-14-9-11(2)22-18-14/h4-5,8-9H,6-7H2,1-3H3,(H2,16,17,18,19). The number of aryl methyl sites for hydroxylation is 2. The van der Waals surface area contributed by atoms with Crippen LogP contribution in [0.25, 0.3) is 0 Å². The fourth-order valence-corrected chi connectivity index (χ4v) is 1.80. The van der Waals surface area contributed by atoms with Gasteiger partial charge in [0, 0.05) is 18.9 Å². The van der Waals surface area contributed by atoms with Crippen LogP contribution < -0.4 is 15.4 Å². The van der Waals surface area contributed by atoms with Gasteiger partial charge in [0.15, 0.2) is 5.82 Å². The zero-order chi connectivity index (χ0) is 15.9. The summed E-state index contributed by atoms with van der Waals surface area (Å²) in [5, 5.41) is 9.04. The van der Waals surface area contributed by atoms with E-state index in [-0.39, 0.29) is 6.03 Å². The van der Waals surface area contributed by atoms with Crippen molar-refractivity contribution in [2.45, 2.75) is 13.8 Å². The Labute approximate surface area is 128 Å². The summed E-state index contributed by atoms with van der Waals surface area (Å²) in [4.78, 5) is 11.9. The van der Waals surface area contributed by atoms with Gasteiger partial charge in [-0.05, 0) is 37.6 Å². The van der Waals surface area contributed by atoms with E-state index >= 15 is 0 Å². The van der Waals surface area contributed by atoms with Crippen molar-refractivity contribution in [3.8, 4) is 5.75 Å². The first-order valence-electron chi connectivity index (χ1n) is 6.82. The lowest BCUT2D eigenvalue weighted by molar-refractivity contribution is 0.146. The molecule has 0 fully saturated rings. The highest BCUT2D eigenvalue weighted by Gasteiger charge is 2.08. The van der Waals surface area contributed by atoms with Crippen molar-refractivity contribution in [3.05, 3.63) is 35.6 Å². The van der Waals surface area contributed by atoms with Crippen LogP contribution in [0, 0.1) is 13.8 Å². The number of rotatable bonds is 6. The Hall–Kier alpha value is -2.54. The lowest BCUT2D eigenvalue weighted by Gasteiger charge is -2.11. The molecule has 1 aromatic carbocycles. The molecular weight excluding hydrogens is 286 g/mol. The molecule has 0 aliphatic heterocycles. The van der Waals surface area contributed by atoms with Gasteiger partial charge >= 0.3 is 6.03 Å². The van der Waals surface area contributed by atoms with Gasteiger partial charge in [-0.15, -0.1) is 0 Å². The Kier molecular flexibility index (Phi) is 5.37. The lowest BCUT2D eigenvalue weighted by Crippen LogP contribution is -2.20. The molecule has 0 spiro atoms. The number of methoxy groups -OCH3 is 1. The van der Waals surface area contributed by atoms with Crippen LogP contribution in [0.5, 0.6) is 5.75 Å². The monoisotopic (exact) mass is 305 g/mol. The third-order valence-electron chi connectivity index (χ3n) is 2.87. The number of aromatic nitrogens is 1.